The molecule has 0 aliphatic rings. The van der Waals surface area contributed by atoms with E-state index in [1.807, 2.05) is 13.2 Å². The lowest BCUT2D eigenvalue weighted by molar-refractivity contribution is -0.111. The van der Waals surface area contributed by atoms with Gasteiger partial charge in [-0.15, -0.1) is 0 Å². The van der Waals surface area contributed by atoms with Gasteiger partial charge in [0.2, 0.25) is 0 Å². The Labute approximate surface area is 61.2 Å². The summed E-state index contributed by atoms with van der Waals surface area (Å²) in [7, 11) is 0. The second kappa shape index (κ2) is 3.25. The highest BCUT2D eigenvalue weighted by molar-refractivity contribution is 7.99. The zero-order chi connectivity index (χ0) is 7.49. The number of aldehydes is 1. The van der Waals surface area contributed by atoms with Gasteiger partial charge in [0.05, 0.1) is 0 Å². The van der Waals surface area contributed by atoms with Gasteiger partial charge >= 0.3 is 0 Å². The Balaban J connectivity index is 3.95. The van der Waals surface area contributed by atoms with Gasteiger partial charge in [-0.3, -0.25) is 0 Å². The summed E-state index contributed by atoms with van der Waals surface area (Å²) in [6.07, 6.45) is 3.04. The van der Waals surface area contributed by atoms with Crippen molar-refractivity contribution in [2.45, 2.75) is 25.5 Å². The van der Waals surface area contributed by atoms with Crippen molar-refractivity contribution in [2.24, 2.45) is 5.92 Å². The number of thioether (sulfide) groups is 1. The molecule has 1 atom stereocenters. The Hall–Kier alpha value is 0.0200. The third-order valence-corrected chi connectivity index (χ3v) is 3.25. The third kappa shape index (κ3) is 2.39. The van der Waals surface area contributed by atoms with Crippen LogP contribution < -0.4 is 0 Å². The summed E-state index contributed by atoms with van der Waals surface area (Å²) in [6, 6.07) is 0. The van der Waals surface area contributed by atoms with E-state index in [-0.39, 0.29) is 10.7 Å². The van der Waals surface area contributed by atoms with Crippen LogP contribution in [0.3, 0.4) is 0 Å². The van der Waals surface area contributed by atoms with E-state index in [4.69, 9.17) is 0 Å². The van der Waals surface area contributed by atoms with E-state index < -0.39 is 0 Å². The fourth-order valence-electron chi connectivity index (χ4n) is 0.350. The van der Waals surface area contributed by atoms with Crippen LogP contribution in [0, 0.1) is 5.92 Å². The minimum Gasteiger partial charge on any atom is -0.303 e. The minimum absolute atomic E-state index is 0.0990. The first-order valence-corrected chi connectivity index (χ1v) is 4.27. The Bertz CT molecular complexity index is 99.1. The molecule has 2 heteroatoms. The first kappa shape index (κ1) is 9.02. The molecular formula is C7H14OS. The summed E-state index contributed by atoms with van der Waals surface area (Å²) in [5.41, 5.74) is 0. The zero-order valence-electron chi connectivity index (χ0n) is 6.47. The molecule has 0 N–H and O–H groups in total. The first-order valence-electron chi connectivity index (χ1n) is 3.05. The van der Waals surface area contributed by atoms with Gasteiger partial charge in [-0.05, 0) is 6.26 Å². The molecule has 54 valence electrons. The summed E-state index contributed by atoms with van der Waals surface area (Å²) in [4.78, 5) is 10.3. The van der Waals surface area contributed by atoms with Gasteiger partial charge in [0.15, 0.2) is 0 Å². The van der Waals surface area contributed by atoms with Crippen molar-refractivity contribution in [1.29, 1.82) is 0 Å². The monoisotopic (exact) mass is 146 g/mol. The van der Waals surface area contributed by atoms with E-state index in [0.717, 1.165) is 6.29 Å². The standard InChI is InChI=1S/C7H14OS/c1-6(5-8)7(2,3)9-4/h5-6H,1-4H3. The van der Waals surface area contributed by atoms with Crippen LogP contribution in [0.25, 0.3) is 0 Å². The highest BCUT2D eigenvalue weighted by Crippen LogP contribution is 2.28. The van der Waals surface area contributed by atoms with Crippen LogP contribution in [0.2, 0.25) is 0 Å². The molecule has 0 amide bonds. The van der Waals surface area contributed by atoms with Gasteiger partial charge in [0.25, 0.3) is 0 Å². The Kier molecular flexibility index (Phi) is 3.26. The third-order valence-electron chi connectivity index (χ3n) is 1.83. The smallest absolute Gasteiger partial charge is 0.124 e. The number of hydrogen-bond acceptors (Lipinski definition) is 2. The Morgan fingerprint density at radius 2 is 2.00 bits per heavy atom. The van der Waals surface area contributed by atoms with Crippen LogP contribution in [-0.2, 0) is 4.79 Å². The van der Waals surface area contributed by atoms with Crippen LogP contribution >= 0.6 is 11.8 Å². The van der Waals surface area contributed by atoms with Gasteiger partial charge in [0, 0.05) is 10.7 Å². The fourth-order valence-corrected chi connectivity index (χ4v) is 0.777. The van der Waals surface area contributed by atoms with E-state index in [2.05, 4.69) is 13.8 Å². The molecular weight excluding hydrogens is 132 g/mol. The van der Waals surface area contributed by atoms with E-state index in [9.17, 15) is 4.79 Å². The van der Waals surface area contributed by atoms with Crippen LogP contribution in [0.4, 0.5) is 0 Å². The molecule has 0 aromatic heterocycles. The predicted molar refractivity (Wildman–Crippen MR) is 42.8 cm³/mol. The van der Waals surface area contributed by atoms with Crippen LogP contribution in [0.1, 0.15) is 20.8 Å². The predicted octanol–water partition coefficient (Wildman–Crippen LogP) is 1.96. The molecule has 0 heterocycles. The largest absolute Gasteiger partial charge is 0.303 e. The minimum atomic E-state index is 0.0990. The highest BCUT2D eigenvalue weighted by atomic mass is 32.2. The molecule has 0 aliphatic heterocycles. The molecule has 9 heavy (non-hydrogen) atoms. The molecule has 0 spiro atoms. The quantitative estimate of drug-likeness (QED) is 0.566. The topological polar surface area (TPSA) is 17.1 Å². The maximum atomic E-state index is 10.3. The van der Waals surface area contributed by atoms with E-state index in [1.165, 1.54) is 0 Å². The number of carbonyl (C=O) groups excluding carboxylic acids is 1. The second-order valence-corrected chi connectivity index (χ2v) is 4.19. The molecule has 0 fully saturated rings. The maximum Gasteiger partial charge on any atom is 0.124 e. The van der Waals surface area contributed by atoms with Gasteiger partial charge in [-0.2, -0.15) is 11.8 Å². The van der Waals surface area contributed by atoms with Gasteiger partial charge in [0.1, 0.15) is 6.29 Å². The molecule has 0 aromatic carbocycles. The lowest BCUT2D eigenvalue weighted by Crippen LogP contribution is -2.25. The van der Waals surface area contributed by atoms with E-state index in [0.29, 0.717) is 0 Å². The van der Waals surface area contributed by atoms with Gasteiger partial charge < -0.3 is 4.79 Å². The zero-order valence-corrected chi connectivity index (χ0v) is 7.29. The molecule has 0 bridgehead atoms. The van der Waals surface area contributed by atoms with Gasteiger partial charge in [-0.25, -0.2) is 0 Å². The van der Waals surface area contributed by atoms with Crippen LogP contribution in [0.5, 0.6) is 0 Å². The van der Waals surface area contributed by atoms with Crippen molar-refractivity contribution in [3.05, 3.63) is 0 Å². The molecule has 0 aliphatic carbocycles. The van der Waals surface area contributed by atoms with E-state index >= 15 is 0 Å². The van der Waals surface area contributed by atoms with Crippen molar-refractivity contribution >= 4 is 18.0 Å². The average molecular weight is 146 g/mol. The van der Waals surface area contributed by atoms with Crippen molar-refractivity contribution in [3.8, 4) is 0 Å². The Morgan fingerprint density at radius 1 is 1.56 bits per heavy atom. The van der Waals surface area contributed by atoms with E-state index in [1.54, 1.807) is 11.8 Å². The lowest BCUT2D eigenvalue weighted by atomic mass is 9.99. The van der Waals surface area contributed by atoms with Crippen molar-refractivity contribution in [3.63, 3.8) is 0 Å². The summed E-state index contributed by atoms with van der Waals surface area (Å²) < 4.78 is 0.0990. The second-order valence-electron chi connectivity index (χ2n) is 2.73. The molecule has 0 rings (SSSR count). The lowest BCUT2D eigenvalue weighted by Gasteiger charge is -2.25. The molecule has 0 radical (unpaired) electrons. The first-order chi connectivity index (χ1) is 4.04. The van der Waals surface area contributed by atoms with Gasteiger partial charge in [-0.1, -0.05) is 20.8 Å². The highest BCUT2D eigenvalue weighted by Gasteiger charge is 2.23. The Morgan fingerprint density at radius 3 is 2.11 bits per heavy atom. The molecule has 1 unspecified atom stereocenters. The summed E-state index contributed by atoms with van der Waals surface area (Å²) in [6.45, 7) is 6.11. The summed E-state index contributed by atoms with van der Waals surface area (Å²) >= 11 is 1.73. The van der Waals surface area contributed by atoms with Crippen LogP contribution in [0.15, 0.2) is 0 Å². The molecule has 0 saturated heterocycles. The van der Waals surface area contributed by atoms with Crippen molar-refractivity contribution in [2.75, 3.05) is 6.26 Å². The van der Waals surface area contributed by atoms with Crippen molar-refractivity contribution < 1.29 is 4.79 Å². The number of rotatable bonds is 3. The fraction of sp³-hybridized carbons (Fsp3) is 0.857. The summed E-state index contributed by atoms with van der Waals surface area (Å²) in [5, 5.41) is 0. The SMILES string of the molecule is CSC(C)(C)C(C)C=O. The summed E-state index contributed by atoms with van der Waals surface area (Å²) in [5.74, 6) is 0.146. The molecule has 1 nitrogen and oxygen atoms in total. The molecule has 0 saturated carbocycles. The number of hydrogen-bond donors (Lipinski definition) is 0. The molecule has 0 aromatic rings. The average Bonchev–Trinajstić information content (AvgIpc) is 1.86. The van der Waals surface area contributed by atoms with Crippen molar-refractivity contribution in [1.82, 2.24) is 0 Å². The van der Waals surface area contributed by atoms with Crippen LogP contribution in [-0.4, -0.2) is 17.3 Å². The normalized spacial score (nSPS) is 15.1. The maximum absolute atomic E-state index is 10.3. The number of carbonyl (C=O) groups is 1.